The molecule has 0 saturated heterocycles. The van der Waals surface area contributed by atoms with E-state index in [1.807, 2.05) is 0 Å². The molecule has 2 aromatic rings. The van der Waals surface area contributed by atoms with Crippen molar-refractivity contribution in [3.8, 4) is 0 Å². The molecule has 98 valence electrons. The predicted octanol–water partition coefficient (Wildman–Crippen LogP) is 4.59. The Balaban J connectivity index is 2.31. The van der Waals surface area contributed by atoms with Crippen molar-refractivity contribution in [2.24, 2.45) is 0 Å². The van der Waals surface area contributed by atoms with Gasteiger partial charge in [0.15, 0.2) is 0 Å². The zero-order valence-electron chi connectivity index (χ0n) is 9.58. The number of hydrogen-bond donors (Lipinski definition) is 2. The topological polar surface area (TPSA) is 55.1 Å². The van der Waals surface area contributed by atoms with Crippen LogP contribution in [0.2, 0.25) is 10.0 Å². The van der Waals surface area contributed by atoms with Gasteiger partial charge in [-0.2, -0.15) is 0 Å². The number of anilines is 2. The highest BCUT2D eigenvalue weighted by Gasteiger charge is 2.12. The van der Waals surface area contributed by atoms with Gasteiger partial charge < -0.3 is 11.1 Å². The van der Waals surface area contributed by atoms with Crippen molar-refractivity contribution in [1.82, 2.24) is 0 Å². The molecule has 6 heteroatoms. The van der Waals surface area contributed by atoms with E-state index in [0.29, 0.717) is 27.0 Å². The van der Waals surface area contributed by atoms with Gasteiger partial charge in [0.1, 0.15) is 0 Å². The van der Waals surface area contributed by atoms with Gasteiger partial charge in [0, 0.05) is 15.7 Å². The Hall–Kier alpha value is -1.23. The molecule has 0 aliphatic rings. The van der Waals surface area contributed by atoms with Crippen LogP contribution >= 0.6 is 39.1 Å². The maximum absolute atomic E-state index is 12.1. The predicted molar refractivity (Wildman–Crippen MR) is 83.0 cm³/mol. The summed E-state index contributed by atoms with van der Waals surface area (Å²) in [5, 5.41) is 3.43. The second-order valence-corrected chi connectivity index (χ2v) is 5.55. The number of hydrogen-bond acceptors (Lipinski definition) is 2. The summed E-state index contributed by atoms with van der Waals surface area (Å²) in [7, 11) is 0. The second-order valence-electron chi connectivity index (χ2n) is 3.82. The molecule has 3 N–H and O–H groups in total. The second kappa shape index (κ2) is 5.82. The van der Waals surface area contributed by atoms with E-state index in [1.165, 1.54) is 0 Å². The molecular formula is C13H9BrCl2N2O. The van der Waals surface area contributed by atoms with Gasteiger partial charge in [0.2, 0.25) is 0 Å². The number of amides is 1. The van der Waals surface area contributed by atoms with Crippen molar-refractivity contribution in [3.63, 3.8) is 0 Å². The molecule has 0 atom stereocenters. The molecule has 0 saturated carbocycles. The molecule has 2 aromatic carbocycles. The lowest BCUT2D eigenvalue weighted by Gasteiger charge is -2.09. The van der Waals surface area contributed by atoms with E-state index >= 15 is 0 Å². The molecule has 0 radical (unpaired) electrons. The van der Waals surface area contributed by atoms with Crippen molar-refractivity contribution in [2.45, 2.75) is 0 Å². The van der Waals surface area contributed by atoms with Crippen LogP contribution in [0.4, 0.5) is 11.4 Å². The van der Waals surface area contributed by atoms with Crippen LogP contribution in [0, 0.1) is 0 Å². The van der Waals surface area contributed by atoms with Gasteiger partial charge in [0.05, 0.1) is 15.7 Å². The average molecular weight is 360 g/mol. The summed E-state index contributed by atoms with van der Waals surface area (Å²) in [5.74, 6) is -0.331. The number of halogens is 3. The molecule has 0 aliphatic heterocycles. The van der Waals surface area contributed by atoms with Crippen LogP contribution in [0.1, 0.15) is 10.4 Å². The number of benzene rings is 2. The van der Waals surface area contributed by atoms with Crippen LogP contribution in [0.15, 0.2) is 40.9 Å². The maximum Gasteiger partial charge on any atom is 0.255 e. The highest BCUT2D eigenvalue weighted by Crippen LogP contribution is 2.30. The fraction of sp³-hybridized carbons (Fsp3) is 0. The first kappa shape index (κ1) is 14.2. The fourth-order valence-electron chi connectivity index (χ4n) is 1.55. The third-order valence-electron chi connectivity index (χ3n) is 2.38. The van der Waals surface area contributed by atoms with Crippen LogP contribution in [-0.2, 0) is 0 Å². The molecule has 0 unspecified atom stereocenters. The number of nitrogens with one attached hydrogen (secondary N) is 1. The summed E-state index contributed by atoms with van der Waals surface area (Å²) in [4.78, 5) is 12.1. The maximum atomic E-state index is 12.1. The van der Waals surface area contributed by atoms with Crippen LogP contribution in [-0.4, -0.2) is 5.91 Å². The van der Waals surface area contributed by atoms with Crippen LogP contribution in [0.5, 0.6) is 0 Å². The fourth-order valence-corrected chi connectivity index (χ4v) is 2.55. The third kappa shape index (κ3) is 3.41. The molecular weight excluding hydrogens is 351 g/mol. The first-order valence-electron chi connectivity index (χ1n) is 5.29. The number of rotatable bonds is 2. The molecule has 1 amide bonds. The normalized spacial score (nSPS) is 10.3. The lowest BCUT2D eigenvalue weighted by Crippen LogP contribution is -2.13. The zero-order chi connectivity index (χ0) is 14.0. The average Bonchev–Trinajstić information content (AvgIpc) is 2.32. The minimum absolute atomic E-state index is 0.331. The summed E-state index contributed by atoms with van der Waals surface area (Å²) in [6, 6.07) is 9.95. The highest BCUT2D eigenvalue weighted by atomic mass is 79.9. The van der Waals surface area contributed by atoms with Crippen LogP contribution in [0.3, 0.4) is 0 Å². The summed E-state index contributed by atoms with van der Waals surface area (Å²) < 4.78 is 0.725. The van der Waals surface area contributed by atoms with Crippen molar-refractivity contribution >= 4 is 56.4 Å². The molecule has 0 bridgehead atoms. The zero-order valence-corrected chi connectivity index (χ0v) is 12.7. The molecule has 3 nitrogen and oxygen atoms in total. The monoisotopic (exact) mass is 358 g/mol. The van der Waals surface area contributed by atoms with Crippen molar-refractivity contribution < 1.29 is 4.79 Å². The Morgan fingerprint density at radius 3 is 2.37 bits per heavy atom. The minimum Gasteiger partial charge on any atom is -0.399 e. The standard InChI is InChI=1S/C13H9BrCl2N2O/c14-8-4-7(5-9(17)6-8)13(19)18-12-10(15)2-1-3-11(12)16/h1-6H,17H2,(H,18,19). The number of carbonyl (C=O) groups is 1. The molecule has 0 aliphatic carbocycles. The number of para-hydroxylation sites is 1. The first-order valence-corrected chi connectivity index (χ1v) is 6.83. The van der Waals surface area contributed by atoms with E-state index in [2.05, 4.69) is 21.2 Å². The molecule has 19 heavy (non-hydrogen) atoms. The van der Waals surface area contributed by atoms with Gasteiger partial charge in [-0.1, -0.05) is 45.2 Å². The van der Waals surface area contributed by atoms with Crippen LogP contribution < -0.4 is 11.1 Å². The lowest BCUT2D eigenvalue weighted by atomic mass is 10.2. The SMILES string of the molecule is Nc1cc(Br)cc(C(=O)Nc2c(Cl)cccc2Cl)c1. The van der Waals surface area contributed by atoms with E-state index in [4.69, 9.17) is 28.9 Å². The van der Waals surface area contributed by atoms with E-state index in [1.54, 1.807) is 36.4 Å². The Morgan fingerprint density at radius 2 is 1.79 bits per heavy atom. The van der Waals surface area contributed by atoms with Crippen LogP contribution in [0.25, 0.3) is 0 Å². The number of nitrogens with two attached hydrogens (primary N) is 1. The van der Waals surface area contributed by atoms with E-state index in [-0.39, 0.29) is 5.91 Å². The van der Waals surface area contributed by atoms with Crippen molar-refractivity contribution in [3.05, 3.63) is 56.5 Å². The molecule has 0 fully saturated rings. The Morgan fingerprint density at radius 1 is 1.16 bits per heavy atom. The Kier molecular flexibility index (Phi) is 4.34. The van der Waals surface area contributed by atoms with E-state index in [9.17, 15) is 4.79 Å². The number of nitrogen functional groups attached to an aromatic ring is 1. The third-order valence-corrected chi connectivity index (χ3v) is 3.47. The summed E-state index contributed by atoms with van der Waals surface area (Å²) >= 11 is 15.3. The van der Waals surface area contributed by atoms with Gasteiger partial charge >= 0.3 is 0 Å². The quantitative estimate of drug-likeness (QED) is 0.770. The van der Waals surface area contributed by atoms with Gasteiger partial charge in [0.25, 0.3) is 5.91 Å². The molecule has 0 heterocycles. The van der Waals surface area contributed by atoms with E-state index < -0.39 is 0 Å². The lowest BCUT2D eigenvalue weighted by molar-refractivity contribution is 0.102. The Bertz CT molecular complexity index is 606. The highest BCUT2D eigenvalue weighted by molar-refractivity contribution is 9.10. The minimum atomic E-state index is -0.331. The summed E-state index contributed by atoms with van der Waals surface area (Å²) in [5.41, 5.74) is 6.98. The molecule has 2 rings (SSSR count). The van der Waals surface area contributed by atoms with E-state index in [0.717, 1.165) is 4.47 Å². The Labute approximate surface area is 128 Å². The summed E-state index contributed by atoms with van der Waals surface area (Å²) in [6.45, 7) is 0. The van der Waals surface area contributed by atoms with Crippen molar-refractivity contribution in [1.29, 1.82) is 0 Å². The largest absolute Gasteiger partial charge is 0.399 e. The smallest absolute Gasteiger partial charge is 0.255 e. The number of carbonyl (C=O) groups excluding carboxylic acids is 1. The first-order chi connectivity index (χ1) is 8.97. The van der Waals surface area contributed by atoms with Crippen molar-refractivity contribution in [2.75, 3.05) is 11.1 Å². The van der Waals surface area contributed by atoms with Gasteiger partial charge in [-0.05, 0) is 30.3 Å². The summed E-state index contributed by atoms with van der Waals surface area (Å²) in [6.07, 6.45) is 0. The molecule has 0 spiro atoms. The van der Waals surface area contributed by atoms with Gasteiger partial charge in [-0.3, -0.25) is 4.79 Å². The van der Waals surface area contributed by atoms with Gasteiger partial charge in [-0.25, -0.2) is 0 Å². The van der Waals surface area contributed by atoms with Gasteiger partial charge in [-0.15, -0.1) is 0 Å². The molecule has 0 aromatic heterocycles.